The van der Waals surface area contributed by atoms with E-state index in [2.05, 4.69) is 19.8 Å². The molecule has 3 aromatic rings. The topological polar surface area (TPSA) is 127 Å². The molecule has 0 saturated heterocycles. The van der Waals surface area contributed by atoms with E-state index >= 15 is 0 Å². The lowest BCUT2D eigenvalue weighted by molar-refractivity contribution is 0.0698. The maximum Gasteiger partial charge on any atom is 0.337 e. The predicted molar refractivity (Wildman–Crippen MR) is 96.7 cm³/mol. The molecule has 27 heavy (non-hydrogen) atoms. The van der Waals surface area contributed by atoms with Gasteiger partial charge in [0.05, 0.1) is 22.0 Å². The molecule has 2 heterocycles. The minimum atomic E-state index is -4.27. The van der Waals surface area contributed by atoms with Gasteiger partial charge in [-0.25, -0.2) is 9.78 Å². The number of anilines is 1. The van der Waals surface area contributed by atoms with Crippen molar-refractivity contribution in [2.24, 2.45) is 0 Å². The van der Waals surface area contributed by atoms with Crippen LogP contribution in [0.4, 0.5) is 5.69 Å². The molecule has 1 saturated carbocycles. The summed E-state index contributed by atoms with van der Waals surface area (Å²) in [5.74, 6) is -0.831. The van der Waals surface area contributed by atoms with Crippen molar-refractivity contribution in [3.8, 4) is 0 Å². The summed E-state index contributed by atoms with van der Waals surface area (Å²) in [4.78, 5) is 19.6. The number of rotatable bonds is 5. The summed E-state index contributed by atoms with van der Waals surface area (Å²) in [7, 11) is -4.27. The van der Waals surface area contributed by atoms with Gasteiger partial charge in [0.25, 0.3) is 21.0 Å². The van der Waals surface area contributed by atoms with Crippen molar-refractivity contribution < 1.29 is 18.3 Å². The number of nitrogens with zero attached hydrogens (tertiary/aromatic N) is 4. The van der Waals surface area contributed by atoms with Gasteiger partial charge in [-0.3, -0.25) is 4.72 Å². The Bertz CT molecular complexity index is 1190. The molecule has 1 aliphatic carbocycles. The first-order chi connectivity index (χ1) is 12.8. The van der Waals surface area contributed by atoms with Gasteiger partial charge in [-0.05, 0) is 38.0 Å². The van der Waals surface area contributed by atoms with Crippen LogP contribution in [0.1, 0.15) is 40.5 Å². The molecule has 0 bridgehead atoms. The van der Waals surface area contributed by atoms with E-state index in [4.69, 9.17) is 11.6 Å². The predicted octanol–water partition coefficient (Wildman–Crippen LogP) is 2.46. The van der Waals surface area contributed by atoms with Gasteiger partial charge in [0, 0.05) is 11.6 Å². The molecule has 0 unspecified atom stereocenters. The lowest BCUT2D eigenvalue weighted by Crippen LogP contribution is -2.17. The second-order valence-electron chi connectivity index (χ2n) is 6.28. The van der Waals surface area contributed by atoms with E-state index in [1.54, 1.807) is 6.92 Å². The molecule has 9 nitrogen and oxygen atoms in total. The zero-order chi connectivity index (χ0) is 19.3. The second kappa shape index (κ2) is 6.17. The smallest absolute Gasteiger partial charge is 0.337 e. The van der Waals surface area contributed by atoms with Gasteiger partial charge in [-0.2, -0.15) is 17.9 Å². The zero-order valence-corrected chi connectivity index (χ0v) is 15.6. The summed E-state index contributed by atoms with van der Waals surface area (Å²) in [6, 6.07) is 5.92. The first-order valence-corrected chi connectivity index (χ1v) is 9.91. The Balaban J connectivity index is 1.80. The quantitative estimate of drug-likeness (QED) is 0.665. The number of carboxylic acids is 1. The van der Waals surface area contributed by atoms with Crippen molar-refractivity contribution in [1.82, 2.24) is 19.6 Å². The third-order valence-corrected chi connectivity index (χ3v) is 5.61. The molecule has 0 amide bonds. The number of aromatic carboxylic acids is 1. The normalized spacial score (nSPS) is 14.4. The van der Waals surface area contributed by atoms with E-state index in [-0.39, 0.29) is 22.1 Å². The molecule has 0 atom stereocenters. The van der Waals surface area contributed by atoms with Crippen LogP contribution in [0.5, 0.6) is 0 Å². The van der Waals surface area contributed by atoms with Crippen LogP contribution in [0, 0.1) is 6.92 Å². The fourth-order valence-electron chi connectivity index (χ4n) is 2.77. The van der Waals surface area contributed by atoms with Gasteiger partial charge >= 0.3 is 5.97 Å². The largest absolute Gasteiger partial charge is 0.478 e. The Morgan fingerprint density at radius 3 is 2.74 bits per heavy atom. The summed E-state index contributed by atoms with van der Waals surface area (Å²) >= 11 is 5.99. The highest BCUT2D eigenvalue weighted by atomic mass is 35.5. The Hall–Kier alpha value is -2.72. The SMILES string of the molecule is Cc1cc(C2CC2)n2nc(S(=O)(=O)Nc3c(Cl)cccc3C(=O)O)nc2n1. The summed E-state index contributed by atoms with van der Waals surface area (Å²) in [5, 5.41) is 12.8. The number of sulfonamides is 1. The molecule has 2 N–H and O–H groups in total. The molecular formula is C16H14ClN5O4S. The van der Waals surface area contributed by atoms with Crippen molar-refractivity contribution in [3.63, 3.8) is 0 Å². The van der Waals surface area contributed by atoms with Crippen molar-refractivity contribution in [3.05, 3.63) is 46.2 Å². The highest BCUT2D eigenvalue weighted by Crippen LogP contribution is 2.40. The first-order valence-electron chi connectivity index (χ1n) is 8.05. The van der Waals surface area contributed by atoms with Crippen molar-refractivity contribution in [1.29, 1.82) is 0 Å². The van der Waals surface area contributed by atoms with Gasteiger partial charge in [0.1, 0.15) is 0 Å². The number of benzene rings is 1. The minimum absolute atomic E-state index is 0.0464. The van der Waals surface area contributed by atoms with Crippen LogP contribution < -0.4 is 4.72 Å². The molecule has 0 radical (unpaired) electrons. The lowest BCUT2D eigenvalue weighted by atomic mass is 10.2. The highest BCUT2D eigenvalue weighted by molar-refractivity contribution is 7.92. The molecule has 1 aliphatic rings. The van der Waals surface area contributed by atoms with Crippen LogP contribution in [-0.2, 0) is 10.0 Å². The summed E-state index contributed by atoms with van der Waals surface area (Å²) in [5.41, 5.74) is 1.06. The molecule has 140 valence electrons. The van der Waals surface area contributed by atoms with Crippen molar-refractivity contribution >= 4 is 39.1 Å². The van der Waals surface area contributed by atoms with E-state index in [1.807, 2.05) is 6.07 Å². The van der Waals surface area contributed by atoms with Gasteiger partial charge in [0.2, 0.25) is 0 Å². The number of carboxylic acid groups (broad SMARTS) is 1. The highest BCUT2D eigenvalue weighted by Gasteiger charge is 2.30. The third kappa shape index (κ3) is 3.21. The lowest BCUT2D eigenvalue weighted by Gasteiger charge is -2.10. The summed E-state index contributed by atoms with van der Waals surface area (Å²) in [6.45, 7) is 1.80. The Kier molecular flexibility index (Phi) is 4.04. The molecule has 11 heteroatoms. The van der Waals surface area contributed by atoms with Gasteiger partial charge < -0.3 is 5.11 Å². The molecule has 1 fully saturated rings. The van der Waals surface area contributed by atoms with Crippen LogP contribution in [0.3, 0.4) is 0 Å². The average molecular weight is 408 g/mol. The van der Waals surface area contributed by atoms with Crippen molar-refractivity contribution in [2.75, 3.05) is 4.72 Å². The van der Waals surface area contributed by atoms with E-state index in [9.17, 15) is 18.3 Å². The van der Waals surface area contributed by atoms with E-state index in [1.165, 1.54) is 22.7 Å². The van der Waals surface area contributed by atoms with Gasteiger partial charge in [-0.15, -0.1) is 5.10 Å². The maximum atomic E-state index is 12.8. The number of para-hydroxylation sites is 1. The van der Waals surface area contributed by atoms with E-state index < -0.39 is 21.1 Å². The fourth-order valence-corrected chi connectivity index (χ4v) is 4.01. The fraction of sp³-hybridized carbons (Fsp3) is 0.250. The molecule has 0 aliphatic heterocycles. The number of hydrogen-bond acceptors (Lipinski definition) is 6. The Morgan fingerprint density at radius 1 is 1.33 bits per heavy atom. The van der Waals surface area contributed by atoms with E-state index in [0.717, 1.165) is 18.5 Å². The van der Waals surface area contributed by atoms with Crippen LogP contribution in [-0.4, -0.2) is 39.1 Å². The number of fused-ring (bicyclic) bond motifs is 1. The van der Waals surface area contributed by atoms with Crippen LogP contribution in [0.2, 0.25) is 5.02 Å². The minimum Gasteiger partial charge on any atom is -0.478 e. The molecule has 4 rings (SSSR count). The van der Waals surface area contributed by atoms with Crippen molar-refractivity contribution in [2.45, 2.75) is 30.8 Å². The number of aromatic nitrogens is 4. The summed E-state index contributed by atoms with van der Waals surface area (Å²) < 4.78 is 29.1. The van der Waals surface area contributed by atoms with Crippen LogP contribution in [0.15, 0.2) is 29.4 Å². The first kappa shape index (κ1) is 17.7. The molecule has 1 aromatic carbocycles. The number of carbonyl (C=O) groups is 1. The number of aryl methyl sites for hydroxylation is 1. The standard InChI is InChI=1S/C16H14ClN5O4S/c1-8-7-12(9-5-6-9)22-15(18-8)19-16(20-22)27(25,26)21-13-10(14(23)24)3-2-4-11(13)17/h2-4,7,9,21H,5-6H2,1H3,(H,23,24). The van der Waals surface area contributed by atoms with E-state index in [0.29, 0.717) is 11.6 Å². The molecular weight excluding hydrogens is 394 g/mol. The average Bonchev–Trinajstić information content (AvgIpc) is 3.34. The molecule has 0 spiro atoms. The number of halogens is 1. The third-order valence-electron chi connectivity index (χ3n) is 4.16. The monoisotopic (exact) mass is 407 g/mol. The maximum absolute atomic E-state index is 12.8. The van der Waals surface area contributed by atoms with Gasteiger partial charge in [0.15, 0.2) is 0 Å². The second-order valence-corrected chi connectivity index (χ2v) is 8.26. The van der Waals surface area contributed by atoms with Crippen LogP contribution >= 0.6 is 11.6 Å². The Morgan fingerprint density at radius 2 is 2.07 bits per heavy atom. The number of nitrogens with one attached hydrogen (secondary N) is 1. The van der Waals surface area contributed by atoms with Crippen LogP contribution in [0.25, 0.3) is 5.78 Å². The zero-order valence-electron chi connectivity index (χ0n) is 14.0. The van der Waals surface area contributed by atoms with Gasteiger partial charge in [-0.1, -0.05) is 17.7 Å². The number of hydrogen-bond donors (Lipinski definition) is 2. The summed E-state index contributed by atoms with van der Waals surface area (Å²) in [6.07, 6.45) is 2.00. The molecule has 2 aromatic heterocycles. The Labute approximate surface area is 159 Å².